The Hall–Kier alpha value is -0.890. The molecule has 1 saturated heterocycles. The molecule has 8 nitrogen and oxygen atoms in total. The molecular weight excluding hydrogens is 242 g/mol. The molecule has 1 aliphatic rings. The predicted octanol–water partition coefficient (Wildman–Crippen LogP) is -0.0790. The molecule has 104 valence electrons. The van der Waals surface area contributed by atoms with Gasteiger partial charge in [-0.2, -0.15) is 0 Å². The molecule has 1 aliphatic heterocycles. The van der Waals surface area contributed by atoms with Crippen LogP contribution in [0.2, 0.25) is 0 Å². The van der Waals surface area contributed by atoms with Crippen molar-refractivity contribution in [1.29, 1.82) is 0 Å². The first-order chi connectivity index (χ1) is 8.61. The first-order valence-electron chi connectivity index (χ1n) is 5.94. The number of hydrogen-bond acceptors (Lipinski definition) is 6. The summed E-state index contributed by atoms with van der Waals surface area (Å²) in [4.78, 5) is 2.56. The molecule has 0 aromatic heterocycles. The second-order valence-electron chi connectivity index (χ2n) is 4.15. The van der Waals surface area contributed by atoms with Crippen molar-refractivity contribution in [2.45, 2.75) is 50.5 Å². The Morgan fingerprint density at radius 3 is 2.61 bits per heavy atom. The van der Waals surface area contributed by atoms with E-state index in [0.717, 1.165) is 12.8 Å². The van der Waals surface area contributed by atoms with E-state index in [1.54, 1.807) is 0 Å². The maximum atomic E-state index is 9.69. The van der Waals surface area contributed by atoms with Crippen molar-refractivity contribution >= 4 is 0 Å². The molecule has 0 saturated carbocycles. The molecule has 0 bridgehead atoms. The van der Waals surface area contributed by atoms with Gasteiger partial charge in [0.1, 0.15) is 18.3 Å². The first kappa shape index (κ1) is 15.2. The zero-order chi connectivity index (χ0) is 13.5. The van der Waals surface area contributed by atoms with Crippen LogP contribution >= 0.6 is 0 Å². The molecule has 8 heteroatoms. The largest absolute Gasteiger partial charge is 0.388 e. The van der Waals surface area contributed by atoms with Gasteiger partial charge >= 0.3 is 0 Å². The standard InChI is InChI=1S/C10H19N3O5/c1-2-3-4-17-10-9(16)8(15)7(14)6(18-10)5-12-13-11/h6-10,14-16H,2-5H2,1H3. The van der Waals surface area contributed by atoms with Crippen LogP contribution in [-0.2, 0) is 9.47 Å². The Labute approximate surface area is 105 Å². The van der Waals surface area contributed by atoms with Crippen LogP contribution in [0.15, 0.2) is 5.11 Å². The maximum absolute atomic E-state index is 9.69. The summed E-state index contributed by atoms with van der Waals surface area (Å²) in [6.07, 6.45) is -4.19. The van der Waals surface area contributed by atoms with Gasteiger partial charge in [-0.15, -0.1) is 0 Å². The molecular formula is C10H19N3O5. The highest BCUT2D eigenvalue weighted by Gasteiger charge is 2.43. The van der Waals surface area contributed by atoms with Crippen molar-refractivity contribution in [2.75, 3.05) is 13.2 Å². The highest BCUT2D eigenvalue weighted by Crippen LogP contribution is 2.22. The summed E-state index contributed by atoms with van der Waals surface area (Å²) in [5, 5.41) is 32.3. The van der Waals surface area contributed by atoms with Crippen molar-refractivity contribution in [3.63, 3.8) is 0 Å². The molecule has 0 amide bonds. The minimum atomic E-state index is -1.38. The van der Waals surface area contributed by atoms with Crippen LogP contribution in [0, 0.1) is 0 Å². The van der Waals surface area contributed by atoms with Crippen LogP contribution < -0.4 is 0 Å². The zero-order valence-electron chi connectivity index (χ0n) is 10.2. The topological polar surface area (TPSA) is 128 Å². The van der Waals surface area contributed by atoms with Gasteiger partial charge in [0.15, 0.2) is 6.29 Å². The predicted molar refractivity (Wildman–Crippen MR) is 61.6 cm³/mol. The van der Waals surface area contributed by atoms with Crippen LogP contribution in [0.1, 0.15) is 19.8 Å². The van der Waals surface area contributed by atoms with Crippen LogP contribution in [0.4, 0.5) is 0 Å². The molecule has 5 unspecified atom stereocenters. The van der Waals surface area contributed by atoms with Crippen LogP contribution in [0.25, 0.3) is 10.4 Å². The fraction of sp³-hybridized carbons (Fsp3) is 1.00. The number of unbranched alkanes of at least 4 members (excludes halogenated alkanes) is 1. The zero-order valence-corrected chi connectivity index (χ0v) is 10.2. The van der Waals surface area contributed by atoms with E-state index in [4.69, 9.17) is 15.0 Å². The summed E-state index contributed by atoms with van der Waals surface area (Å²) >= 11 is 0. The Morgan fingerprint density at radius 2 is 2.00 bits per heavy atom. The van der Waals surface area contributed by atoms with Gasteiger partial charge in [-0.1, -0.05) is 18.5 Å². The van der Waals surface area contributed by atoms with Gasteiger partial charge in [-0.3, -0.25) is 0 Å². The van der Waals surface area contributed by atoms with Crippen LogP contribution in [-0.4, -0.2) is 59.2 Å². The SMILES string of the molecule is CCCCOC1OC(CN=[N+]=[N-])C(O)C(O)C1O. The van der Waals surface area contributed by atoms with E-state index < -0.39 is 30.7 Å². The summed E-state index contributed by atoms with van der Waals surface area (Å²) in [6.45, 7) is 2.24. The lowest BCUT2D eigenvalue weighted by atomic mass is 9.99. The van der Waals surface area contributed by atoms with Crippen molar-refractivity contribution in [1.82, 2.24) is 0 Å². The minimum absolute atomic E-state index is 0.130. The fourth-order valence-corrected chi connectivity index (χ4v) is 1.67. The highest BCUT2D eigenvalue weighted by molar-refractivity contribution is 4.90. The van der Waals surface area contributed by atoms with E-state index in [1.165, 1.54) is 0 Å². The van der Waals surface area contributed by atoms with Crippen molar-refractivity contribution < 1.29 is 24.8 Å². The van der Waals surface area contributed by atoms with Gasteiger partial charge < -0.3 is 24.8 Å². The van der Waals surface area contributed by atoms with E-state index in [9.17, 15) is 15.3 Å². The van der Waals surface area contributed by atoms with Gasteiger partial charge in [0, 0.05) is 11.5 Å². The van der Waals surface area contributed by atoms with Gasteiger partial charge in [0.05, 0.1) is 12.6 Å². The van der Waals surface area contributed by atoms with Gasteiger partial charge in [-0.25, -0.2) is 0 Å². The Bertz CT molecular complexity index is 297. The maximum Gasteiger partial charge on any atom is 0.186 e. The van der Waals surface area contributed by atoms with Gasteiger partial charge in [0.2, 0.25) is 0 Å². The minimum Gasteiger partial charge on any atom is -0.388 e. The molecule has 0 aromatic carbocycles. The average molecular weight is 261 g/mol. The smallest absolute Gasteiger partial charge is 0.186 e. The van der Waals surface area contributed by atoms with Crippen molar-refractivity contribution in [3.8, 4) is 0 Å². The number of rotatable bonds is 6. The highest BCUT2D eigenvalue weighted by atomic mass is 16.7. The molecule has 1 heterocycles. The quantitative estimate of drug-likeness (QED) is 0.266. The number of ether oxygens (including phenoxy) is 2. The molecule has 0 aromatic rings. The van der Waals surface area contributed by atoms with Crippen LogP contribution in [0.5, 0.6) is 0 Å². The number of aliphatic hydroxyl groups is 3. The Balaban J connectivity index is 2.58. The van der Waals surface area contributed by atoms with E-state index in [0.29, 0.717) is 6.61 Å². The molecule has 3 N–H and O–H groups in total. The van der Waals surface area contributed by atoms with Crippen molar-refractivity contribution in [2.24, 2.45) is 5.11 Å². The normalized spacial score (nSPS) is 36.1. The molecule has 0 aliphatic carbocycles. The number of aliphatic hydroxyl groups excluding tert-OH is 3. The molecule has 5 atom stereocenters. The van der Waals surface area contributed by atoms with E-state index in [1.807, 2.05) is 6.92 Å². The summed E-state index contributed by atoms with van der Waals surface area (Å²) in [6, 6.07) is 0. The number of nitrogens with zero attached hydrogens (tertiary/aromatic N) is 3. The van der Waals surface area contributed by atoms with E-state index in [2.05, 4.69) is 10.0 Å². The van der Waals surface area contributed by atoms with E-state index >= 15 is 0 Å². The monoisotopic (exact) mass is 261 g/mol. The van der Waals surface area contributed by atoms with Gasteiger partial charge in [0.25, 0.3) is 0 Å². The molecule has 1 fully saturated rings. The summed E-state index contributed by atoms with van der Waals surface area (Å²) in [5.74, 6) is 0. The summed E-state index contributed by atoms with van der Waals surface area (Å²) < 4.78 is 10.6. The molecule has 0 radical (unpaired) electrons. The number of hydrogen-bond donors (Lipinski definition) is 3. The van der Waals surface area contributed by atoms with Gasteiger partial charge in [-0.05, 0) is 12.0 Å². The molecule has 18 heavy (non-hydrogen) atoms. The number of azide groups is 1. The third-order valence-electron chi connectivity index (χ3n) is 2.77. The van der Waals surface area contributed by atoms with Crippen LogP contribution in [0.3, 0.4) is 0 Å². The van der Waals surface area contributed by atoms with E-state index in [-0.39, 0.29) is 6.54 Å². The summed E-state index contributed by atoms with van der Waals surface area (Å²) in [5.41, 5.74) is 8.22. The third-order valence-corrected chi connectivity index (χ3v) is 2.77. The summed E-state index contributed by atoms with van der Waals surface area (Å²) in [7, 11) is 0. The average Bonchev–Trinajstić information content (AvgIpc) is 2.37. The first-order valence-corrected chi connectivity index (χ1v) is 5.94. The lowest BCUT2D eigenvalue weighted by molar-refractivity contribution is -0.294. The second-order valence-corrected chi connectivity index (χ2v) is 4.15. The Morgan fingerprint density at radius 1 is 1.28 bits per heavy atom. The Kier molecular flexibility index (Phi) is 6.34. The third kappa shape index (κ3) is 3.81. The fourth-order valence-electron chi connectivity index (χ4n) is 1.67. The molecule has 1 rings (SSSR count). The lowest BCUT2D eigenvalue weighted by Gasteiger charge is -2.39. The lowest BCUT2D eigenvalue weighted by Crippen LogP contribution is -2.59. The second kappa shape index (κ2) is 7.52. The molecule has 0 spiro atoms. The van der Waals surface area contributed by atoms with Crippen molar-refractivity contribution in [3.05, 3.63) is 10.4 Å².